The van der Waals surface area contributed by atoms with Crippen molar-refractivity contribution >= 4 is 22.1 Å². The van der Waals surface area contributed by atoms with E-state index < -0.39 is 11.7 Å². The van der Waals surface area contributed by atoms with Crippen LogP contribution in [-0.2, 0) is 6.18 Å². The van der Waals surface area contributed by atoms with E-state index in [-0.39, 0.29) is 5.39 Å². The van der Waals surface area contributed by atoms with Crippen molar-refractivity contribution < 1.29 is 13.2 Å². The molecule has 2 aromatic rings. The Hall–Kier alpha value is -1.03. The lowest BCUT2D eigenvalue weighted by atomic mass is 10.1. The highest BCUT2D eigenvalue weighted by atomic mass is 32.1. The second-order valence-corrected chi connectivity index (χ2v) is 3.28. The second-order valence-electron chi connectivity index (χ2n) is 2.61. The molecule has 2 rings (SSSR count). The van der Waals surface area contributed by atoms with Crippen LogP contribution in [0, 0.1) is 5.38 Å². The lowest BCUT2D eigenvalue weighted by molar-refractivity contribution is -0.136. The number of fused-ring (bicyclic) bond motifs is 1. The van der Waals surface area contributed by atoms with Crippen molar-refractivity contribution in [3.05, 3.63) is 34.5 Å². The molecule has 0 aliphatic carbocycles. The van der Waals surface area contributed by atoms with Gasteiger partial charge in [0.1, 0.15) is 0 Å². The summed E-state index contributed by atoms with van der Waals surface area (Å²) in [6.07, 6.45) is -4.28. The Labute approximate surface area is 76.6 Å². The van der Waals surface area contributed by atoms with Gasteiger partial charge in [-0.05, 0) is 16.8 Å². The van der Waals surface area contributed by atoms with Crippen LogP contribution in [0.15, 0.2) is 23.6 Å². The Balaban J connectivity index is 2.75. The molecule has 0 atom stereocenters. The minimum absolute atomic E-state index is 0.167. The summed E-state index contributed by atoms with van der Waals surface area (Å²) in [6, 6.07) is 4.13. The molecule has 0 saturated carbocycles. The van der Waals surface area contributed by atoms with Gasteiger partial charge >= 0.3 is 6.18 Å². The summed E-state index contributed by atoms with van der Waals surface area (Å²) in [5, 5.41) is 5.04. The van der Waals surface area contributed by atoms with Crippen LogP contribution in [0.3, 0.4) is 0 Å². The molecular formula is C9H4F3S. The Kier molecular flexibility index (Phi) is 1.80. The van der Waals surface area contributed by atoms with Crippen molar-refractivity contribution in [1.82, 2.24) is 0 Å². The van der Waals surface area contributed by atoms with Crippen LogP contribution in [0.1, 0.15) is 5.56 Å². The van der Waals surface area contributed by atoms with Crippen LogP contribution in [0.2, 0.25) is 0 Å². The zero-order valence-corrected chi connectivity index (χ0v) is 7.17. The molecule has 13 heavy (non-hydrogen) atoms. The molecule has 0 fully saturated rings. The van der Waals surface area contributed by atoms with Crippen LogP contribution in [0.25, 0.3) is 10.8 Å². The fraction of sp³-hybridized carbons (Fsp3) is 0.111. The van der Waals surface area contributed by atoms with Gasteiger partial charge < -0.3 is 0 Å². The summed E-state index contributed by atoms with van der Waals surface area (Å²) in [6.45, 7) is 0. The summed E-state index contributed by atoms with van der Waals surface area (Å²) in [5.74, 6) is 0. The predicted molar refractivity (Wildman–Crippen MR) is 45.7 cm³/mol. The van der Waals surface area contributed by atoms with Gasteiger partial charge in [0.2, 0.25) is 0 Å². The van der Waals surface area contributed by atoms with E-state index in [0.29, 0.717) is 5.39 Å². The lowest BCUT2D eigenvalue weighted by Crippen LogP contribution is -2.04. The van der Waals surface area contributed by atoms with Crippen LogP contribution in [0.4, 0.5) is 13.2 Å². The SMILES string of the molecule is FC(F)(F)c1cccc2cs[c]c12. The predicted octanol–water partition coefficient (Wildman–Crippen LogP) is 3.72. The Morgan fingerprint density at radius 2 is 2.00 bits per heavy atom. The highest BCUT2D eigenvalue weighted by Gasteiger charge is 2.32. The first kappa shape index (κ1) is 8.56. The molecule has 1 aromatic carbocycles. The van der Waals surface area contributed by atoms with Crippen LogP contribution >= 0.6 is 11.3 Å². The number of hydrogen-bond acceptors (Lipinski definition) is 1. The number of hydrogen-bond donors (Lipinski definition) is 0. The quantitative estimate of drug-likeness (QED) is 0.609. The van der Waals surface area contributed by atoms with E-state index >= 15 is 0 Å². The van der Waals surface area contributed by atoms with Gasteiger partial charge in [-0.3, -0.25) is 0 Å². The first-order valence-corrected chi connectivity index (χ1v) is 4.42. The summed E-state index contributed by atoms with van der Waals surface area (Å²) < 4.78 is 37.1. The summed E-state index contributed by atoms with van der Waals surface area (Å²) in [5.41, 5.74) is -0.605. The van der Waals surface area contributed by atoms with Gasteiger partial charge in [-0.1, -0.05) is 12.1 Å². The maximum absolute atomic E-state index is 12.4. The number of alkyl halides is 3. The largest absolute Gasteiger partial charge is 0.417 e. The van der Waals surface area contributed by atoms with E-state index in [1.165, 1.54) is 6.07 Å². The zero-order chi connectivity index (χ0) is 9.47. The second kappa shape index (κ2) is 2.73. The lowest BCUT2D eigenvalue weighted by Gasteiger charge is -2.06. The number of benzene rings is 1. The molecule has 1 radical (unpaired) electrons. The van der Waals surface area contributed by atoms with Gasteiger partial charge in [-0.25, -0.2) is 0 Å². The third-order valence-corrected chi connectivity index (χ3v) is 2.44. The van der Waals surface area contributed by atoms with Gasteiger partial charge in [0.25, 0.3) is 0 Å². The third-order valence-electron chi connectivity index (χ3n) is 1.75. The molecule has 0 N–H and O–H groups in total. The standard InChI is InChI=1S/C9H4F3S/c10-9(11,12)8-3-1-2-6-4-13-5-7(6)8/h1-4H. The average Bonchev–Trinajstić information content (AvgIpc) is 2.48. The number of thiophene rings is 1. The van der Waals surface area contributed by atoms with E-state index in [9.17, 15) is 13.2 Å². The minimum Gasteiger partial charge on any atom is -0.166 e. The molecule has 67 valence electrons. The van der Waals surface area contributed by atoms with E-state index in [1.807, 2.05) is 0 Å². The van der Waals surface area contributed by atoms with E-state index in [4.69, 9.17) is 0 Å². The Morgan fingerprint density at radius 1 is 1.23 bits per heavy atom. The third kappa shape index (κ3) is 1.42. The Bertz CT molecular complexity index is 428. The van der Waals surface area contributed by atoms with Crippen molar-refractivity contribution in [2.75, 3.05) is 0 Å². The fourth-order valence-corrected chi connectivity index (χ4v) is 1.90. The van der Waals surface area contributed by atoms with Gasteiger partial charge in [-0.15, -0.1) is 11.3 Å². The smallest absolute Gasteiger partial charge is 0.166 e. The zero-order valence-electron chi connectivity index (χ0n) is 6.35. The maximum Gasteiger partial charge on any atom is 0.417 e. The monoisotopic (exact) mass is 201 g/mol. The molecule has 0 aliphatic rings. The molecule has 1 aromatic heterocycles. The van der Waals surface area contributed by atoms with Crippen LogP contribution < -0.4 is 0 Å². The van der Waals surface area contributed by atoms with Crippen molar-refractivity contribution in [2.45, 2.75) is 6.18 Å². The van der Waals surface area contributed by atoms with Crippen LogP contribution in [0.5, 0.6) is 0 Å². The molecule has 1 heterocycles. The van der Waals surface area contributed by atoms with E-state index in [0.717, 1.165) is 17.4 Å². The van der Waals surface area contributed by atoms with Crippen molar-refractivity contribution in [1.29, 1.82) is 0 Å². The normalized spacial score (nSPS) is 12.2. The molecule has 0 bridgehead atoms. The number of rotatable bonds is 0. The van der Waals surface area contributed by atoms with E-state index in [1.54, 1.807) is 11.4 Å². The van der Waals surface area contributed by atoms with Crippen molar-refractivity contribution in [2.24, 2.45) is 0 Å². The summed E-state index contributed by atoms with van der Waals surface area (Å²) >= 11 is 1.16. The average molecular weight is 201 g/mol. The molecule has 0 spiro atoms. The maximum atomic E-state index is 12.4. The van der Waals surface area contributed by atoms with Gasteiger partial charge in [0.05, 0.1) is 10.9 Å². The Morgan fingerprint density at radius 3 is 2.69 bits per heavy atom. The van der Waals surface area contributed by atoms with Crippen LogP contribution in [-0.4, -0.2) is 0 Å². The first-order valence-electron chi connectivity index (χ1n) is 3.54. The highest BCUT2D eigenvalue weighted by Crippen LogP contribution is 2.35. The van der Waals surface area contributed by atoms with Crippen molar-refractivity contribution in [3.8, 4) is 0 Å². The molecule has 0 saturated heterocycles. The molecule has 0 unspecified atom stereocenters. The van der Waals surface area contributed by atoms with Gasteiger partial charge in [-0.2, -0.15) is 13.2 Å². The number of halogens is 3. The van der Waals surface area contributed by atoms with E-state index in [2.05, 4.69) is 5.38 Å². The fourth-order valence-electron chi connectivity index (χ4n) is 1.17. The highest BCUT2D eigenvalue weighted by molar-refractivity contribution is 7.08. The topological polar surface area (TPSA) is 0 Å². The van der Waals surface area contributed by atoms with Gasteiger partial charge in [0.15, 0.2) is 0 Å². The molecule has 0 amide bonds. The van der Waals surface area contributed by atoms with Gasteiger partial charge in [0, 0.05) is 5.39 Å². The molecule has 0 nitrogen and oxygen atoms in total. The molecular weight excluding hydrogens is 197 g/mol. The molecule has 0 aliphatic heterocycles. The summed E-state index contributed by atoms with van der Waals surface area (Å²) in [4.78, 5) is 0. The summed E-state index contributed by atoms with van der Waals surface area (Å²) in [7, 11) is 0. The molecule has 4 heteroatoms. The minimum atomic E-state index is -4.28. The first-order chi connectivity index (χ1) is 6.09. The van der Waals surface area contributed by atoms with Crippen molar-refractivity contribution in [3.63, 3.8) is 0 Å².